The van der Waals surface area contributed by atoms with E-state index in [2.05, 4.69) is 59.3 Å². The second-order valence-electron chi connectivity index (χ2n) is 8.09. The lowest BCUT2D eigenvalue weighted by atomic mass is 9.86. The van der Waals surface area contributed by atoms with Gasteiger partial charge >= 0.3 is 0 Å². The molecule has 0 N–H and O–H groups in total. The van der Waals surface area contributed by atoms with Gasteiger partial charge in [0, 0.05) is 35.2 Å². The summed E-state index contributed by atoms with van der Waals surface area (Å²) in [5.74, 6) is 0.669. The SMILES string of the molecule is CC1(C)CN(C2CC2)c2cc(-c3ccc(C4CC4)nn3)ccc21. The fourth-order valence-electron chi connectivity index (χ4n) is 3.90. The highest BCUT2D eigenvalue weighted by Gasteiger charge is 2.41. The minimum atomic E-state index is 0.248. The molecular weight excluding hydrogens is 282 g/mol. The summed E-state index contributed by atoms with van der Waals surface area (Å²) in [6.07, 6.45) is 5.24. The van der Waals surface area contributed by atoms with Crippen LogP contribution in [-0.4, -0.2) is 22.8 Å². The number of rotatable bonds is 3. The zero-order valence-corrected chi connectivity index (χ0v) is 13.9. The van der Waals surface area contributed by atoms with E-state index in [0.717, 1.165) is 24.0 Å². The van der Waals surface area contributed by atoms with Gasteiger partial charge in [0.15, 0.2) is 0 Å². The Hall–Kier alpha value is -1.90. The van der Waals surface area contributed by atoms with Gasteiger partial charge in [-0.2, -0.15) is 10.2 Å². The summed E-state index contributed by atoms with van der Waals surface area (Å²) in [6, 6.07) is 11.9. The molecule has 2 fully saturated rings. The topological polar surface area (TPSA) is 29.0 Å². The largest absolute Gasteiger partial charge is 0.367 e. The summed E-state index contributed by atoms with van der Waals surface area (Å²) in [7, 11) is 0. The quantitative estimate of drug-likeness (QED) is 0.847. The molecule has 1 aromatic heterocycles. The predicted octanol–water partition coefficient (Wildman–Crippen LogP) is 4.28. The third-order valence-electron chi connectivity index (χ3n) is 5.57. The van der Waals surface area contributed by atoms with E-state index >= 15 is 0 Å². The number of anilines is 1. The van der Waals surface area contributed by atoms with E-state index in [1.165, 1.54) is 42.5 Å². The Morgan fingerprint density at radius 1 is 1.00 bits per heavy atom. The minimum absolute atomic E-state index is 0.248. The zero-order chi connectivity index (χ0) is 15.6. The third kappa shape index (κ3) is 2.25. The molecule has 0 atom stereocenters. The predicted molar refractivity (Wildman–Crippen MR) is 92.8 cm³/mol. The molecule has 2 aromatic rings. The van der Waals surface area contributed by atoms with Crippen molar-refractivity contribution in [2.75, 3.05) is 11.4 Å². The van der Waals surface area contributed by atoms with Crippen LogP contribution in [0.15, 0.2) is 30.3 Å². The van der Waals surface area contributed by atoms with Crippen LogP contribution in [0.3, 0.4) is 0 Å². The van der Waals surface area contributed by atoms with Gasteiger partial charge in [-0.1, -0.05) is 26.0 Å². The Morgan fingerprint density at radius 3 is 2.48 bits per heavy atom. The minimum Gasteiger partial charge on any atom is -0.367 e. The maximum absolute atomic E-state index is 4.49. The van der Waals surface area contributed by atoms with Crippen molar-refractivity contribution < 1.29 is 0 Å². The Labute approximate surface area is 137 Å². The van der Waals surface area contributed by atoms with E-state index < -0.39 is 0 Å². The average Bonchev–Trinajstić information content (AvgIpc) is 3.46. The van der Waals surface area contributed by atoms with Crippen molar-refractivity contribution >= 4 is 5.69 Å². The van der Waals surface area contributed by atoms with Gasteiger partial charge in [0.1, 0.15) is 0 Å². The van der Waals surface area contributed by atoms with Gasteiger partial charge in [-0.15, -0.1) is 0 Å². The van der Waals surface area contributed by atoms with Crippen LogP contribution in [0.4, 0.5) is 5.69 Å². The number of hydrogen-bond donors (Lipinski definition) is 0. The molecule has 0 saturated heterocycles. The Morgan fingerprint density at radius 2 is 1.83 bits per heavy atom. The summed E-state index contributed by atoms with van der Waals surface area (Å²) in [5.41, 5.74) is 6.51. The van der Waals surface area contributed by atoms with Crippen molar-refractivity contribution in [1.29, 1.82) is 0 Å². The van der Waals surface area contributed by atoms with Crippen LogP contribution < -0.4 is 4.90 Å². The molecule has 1 aromatic carbocycles. The summed E-state index contributed by atoms with van der Waals surface area (Å²) >= 11 is 0. The zero-order valence-electron chi connectivity index (χ0n) is 13.9. The molecule has 0 radical (unpaired) electrons. The van der Waals surface area contributed by atoms with E-state index in [0.29, 0.717) is 5.92 Å². The van der Waals surface area contributed by atoms with Crippen LogP contribution >= 0.6 is 0 Å². The molecule has 3 heteroatoms. The van der Waals surface area contributed by atoms with E-state index in [9.17, 15) is 0 Å². The number of hydrogen-bond acceptors (Lipinski definition) is 3. The Bertz CT molecular complexity index is 755. The highest BCUT2D eigenvalue weighted by Crippen LogP contribution is 2.47. The van der Waals surface area contributed by atoms with Crippen molar-refractivity contribution in [3.63, 3.8) is 0 Å². The monoisotopic (exact) mass is 305 g/mol. The molecule has 1 aliphatic heterocycles. The molecular formula is C20H23N3. The molecule has 2 heterocycles. The Kier molecular flexibility index (Phi) is 2.68. The van der Waals surface area contributed by atoms with Gasteiger partial charge in [-0.05, 0) is 49.4 Å². The second-order valence-corrected chi connectivity index (χ2v) is 8.09. The molecule has 0 spiro atoms. The lowest BCUT2D eigenvalue weighted by Crippen LogP contribution is -2.30. The lowest BCUT2D eigenvalue weighted by Gasteiger charge is -2.22. The normalized spacial score (nSPS) is 22.3. The average molecular weight is 305 g/mol. The molecule has 3 aliphatic rings. The molecule has 0 amide bonds. The first-order valence-electron chi connectivity index (χ1n) is 8.87. The van der Waals surface area contributed by atoms with Crippen LogP contribution in [0.2, 0.25) is 0 Å². The maximum Gasteiger partial charge on any atom is 0.0930 e. The van der Waals surface area contributed by atoms with Crippen LogP contribution in [-0.2, 0) is 5.41 Å². The van der Waals surface area contributed by atoms with Crippen molar-refractivity contribution in [3.8, 4) is 11.3 Å². The fourth-order valence-corrected chi connectivity index (χ4v) is 3.90. The lowest BCUT2D eigenvalue weighted by molar-refractivity contribution is 0.549. The molecule has 2 saturated carbocycles. The van der Waals surface area contributed by atoms with Crippen LogP contribution in [0.1, 0.15) is 56.7 Å². The van der Waals surface area contributed by atoms with Gasteiger partial charge < -0.3 is 4.90 Å². The highest BCUT2D eigenvalue weighted by atomic mass is 15.2. The standard InChI is InChI=1S/C20H23N3/c1-20(2)12-23(15-6-7-15)19-11-14(5-8-16(19)20)18-10-9-17(21-22-18)13-3-4-13/h5,8-11,13,15H,3-4,6-7,12H2,1-2H3. The molecule has 23 heavy (non-hydrogen) atoms. The van der Waals surface area contributed by atoms with Crippen molar-refractivity contribution in [1.82, 2.24) is 10.2 Å². The first-order chi connectivity index (χ1) is 11.1. The molecule has 0 bridgehead atoms. The van der Waals surface area contributed by atoms with E-state index in [1.807, 2.05) is 0 Å². The third-order valence-corrected chi connectivity index (χ3v) is 5.57. The number of benzene rings is 1. The first kappa shape index (κ1) is 13.5. The number of fused-ring (bicyclic) bond motifs is 1. The molecule has 118 valence electrons. The highest BCUT2D eigenvalue weighted by molar-refractivity contribution is 5.72. The number of nitrogens with zero attached hydrogens (tertiary/aromatic N) is 3. The van der Waals surface area contributed by atoms with E-state index in [1.54, 1.807) is 0 Å². The summed E-state index contributed by atoms with van der Waals surface area (Å²) < 4.78 is 0. The Balaban J connectivity index is 1.53. The molecule has 3 nitrogen and oxygen atoms in total. The first-order valence-corrected chi connectivity index (χ1v) is 8.87. The van der Waals surface area contributed by atoms with Crippen molar-refractivity contribution in [2.45, 2.75) is 56.9 Å². The van der Waals surface area contributed by atoms with Crippen LogP contribution in [0.25, 0.3) is 11.3 Å². The molecule has 5 rings (SSSR count). The van der Waals surface area contributed by atoms with Gasteiger partial charge in [-0.3, -0.25) is 0 Å². The van der Waals surface area contributed by atoms with E-state index in [-0.39, 0.29) is 5.41 Å². The van der Waals surface area contributed by atoms with Gasteiger partial charge in [-0.25, -0.2) is 0 Å². The van der Waals surface area contributed by atoms with Gasteiger partial charge in [0.25, 0.3) is 0 Å². The summed E-state index contributed by atoms with van der Waals surface area (Å²) in [4.78, 5) is 2.62. The number of aromatic nitrogens is 2. The van der Waals surface area contributed by atoms with Crippen LogP contribution in [0, 0.1) is 0 Å². The molecule has 2 aliphatic carbocycles. The van der Waals surface area contributed by atoms with E-state index in [4.69, 9.17) is 0 Å². The molecule has 0 unspecified atom stereocenters. The summed E-state index contributed by atoms with van der Waals surface area (Å²) in [6.45, 7) is 5.86. The smallest absolute Gasteiger partial charge is 0.0930 e. The maximum atomic E-state index is 4.49. The van der Waals surface area contributed by atoms with Gasteiger partial charge in [0.05, 0.1) is 11.4 Å². The summed E-state index contributed by atoms with van der Waals surface area (Å²) in [5, 5.41) is 8.93. The fraction of sp³-hybridized carbons (Fsp3) is 0.500. The second kappa shape index (κ2) is 4.56. The van der Waals surface area contributed by atoms with Gasteiger partial charge in [0.2, 0.25) is 0 Å². The van der Waals surface area contributed by atoms with Crippen molar-refractivity contribution in [3.05, 3.63) is 41.6 Å². The van der Waals surface area contributed by atoms with Crippen molar-refractivity contribution in [2.24, 2.45) is 0 Å². The van der Waals surface area contributed by atoms with Crippen LogP contribution in [0.5, 0.6) is 0 Å².